The van der Waals surface area contributed by atoms with Crippen LogP contribution in [0.4, 0.5) is 0 Å². The van der Waals surface area contributed by atoms with E-state index in [1.807, 2.05) is 12.3 Å². The predicted octanol–water partition coefficient (Wildman–Crippen LogP) is 2.35. The van der Waals surface area contributed by atoms with Gasteiger partial charge in [-0.3, -0.25) is 9.59 Å². The molecule has 17 heavy (non-hydrogen) atoms. The summed E-state index contributed by atoms with van der Waals surface area (Å²) in [5.41, 5.74) is 0.870. The zero-order valence-corrected chi connectivity index (χ0v) is 11.5. The van der Waals surface area contributed by atoms with Crippen molar-refractivity contribution in [3.05, 3.63) is 20.8 Å². The summed E-state index contributed by atoms with van der Waals surface area (Å²) in [6, 6.07) is 0. The second kappa shape index (κ2) is 6.02. The summed E-state index contributed by atoms with van der Waals surface area (Å²) in [7, 11) is 1.29. The summed E-state index contributed by atoms with van der Waals surface area (Å²) >= 11 is 7.31. The van der Waals surface area contributed by atoms with Gasteiger partial charge in [-0.1, -0.05) is 11.6 Å². The van der Waals surface area contributed by atoms with Gasteiger partial charge in [0, 0.05) is 6.54 Å². The molecule has 0 aliphatic rings. The minimum Gasteiger partial charge on any atom is -0.468 e. The molecule has 1 aromatic rings. The van der Waals surface area contributed by atoms with E-state index >= 15 is 0 Å². The van der Waals surface area contributed by atoms with E-state index in [-0.39, 0.29) is 12.5 Å². The van der Waals surface area contributed by atoms with Crippen LogP contribution in [0.2, 0.25) is 5.02 Å². The van der Waals surface area contributed by atoms with Crippen LogP contribution in [0.15, 0.2) is 5.38 Å². The van der Waals surface area contributed by atoms with E-state index in [2.05, 4.69) is 4.74 Å². The Balaban J connectivity index is 2.86. The Labute approximate surface area is 109 Å². The number of halogens is 1. The van der Waals surface area contributed by atoms with Crippen molar-refractivity contribution in [1.29, 1.82) is 0 Å². The van der Waals surface area contributed by atoms with Crippen molar-refractivity contribution in [3.63, 3.8) is 0 Å². The molecule has 0 bridgehead atoms. The number of amides is 1. The summed E-state index contributed by atoms with van der Waals surface area (Å²) in [6.07, 6.45) is 0. The number of nitrogens with zero attached hydrogens (tertiary/aromatic N) is 1. The highest BCUT2D eigenvalue weighted by Gasteiger charge is 2.22. The van der Waals surface area contributed by atoms with E-state index in [4.69, 9.17) is 11.6 Å². The van der Waals surface area contributed by atoms with Crippen LogP contribution >= 0.6 is 22.9 Å². The van der Waals surface area contributed by atoms with E-state index < -0.39 is 5.97 Å². The Morgan fingerprint density at radius 2 is 2.18 bits per heavy atom. The van der Waals surface area contributed by atoms with Gasteiger partial charge in [0.2, 0.25) is 0 Å². The molecule has 0 aromatic carbocycles. The molecule has 1 heterocycles. The highest BCUT2D eigenvalue weighted by Crippen LogP contribution is 2.28. The maximum Gasteiger partial charge on any atom is 0.325 e. The number of aryl methyl sites for hydroxylation is 1. The lowest BCUT2D eigenvalue weighted by Gasteiger charge is -2.18. The number of ether oxygens (including phenoxy) is 1. The highest BCUT2D eigenvalue weighted by atomic mass is 35.5. The Morgan fingerprint density at radius 1 is 1.53 bits per heavy atom. The zero-order chi connectivity index (χ0) is 13.0. The molecule has 1 amide bonds. The van der Waals surface area contributed by atoms with E-state index in [0.717, 1.165) is 5.56 Å². The fraction of sp³-hybridized carbons (Fsp3) is 0.455. The second-order valence-electron chi connectivity index (χ2n) is 3.46. The third-order valence-corrected chi connectivity index (χ3v) is 3.99. The summed E-state index contributed by atoms with van der Waals surface area (Å²) in [5, 5.41) is 2.28. The average molecular weight is 276 g/mol. The number of thiophene rings is 1. The minimum atomic E-state index is -0.440. The summed E-state index contributed by atoms with van der Waals surface area (Å²) in [5.74, 6) is -0.675. The van der Waals surface area contributed by atoms with Crippen molar-refractivity contribution in [1.82, 2.24) is 4.90 Å². The van der Waals surface area contributed by atoms with Gasteiger partial charge in [0.1, 0.15) is 11.4 Å². The lowest BCUT2D eigenvalue weighted by Crippen LogP contribution is -2.35. The Hall–Kier alpha value is -1.07. The van der Waals surface area contributed by atoms with Crippen LogP contribution in [0.1, 0.15) is 22.2 Å². The number of carbonyl (C=O) groups excluding carboxylic acids is 2. The summed E-state index contributed by atoms with van der Waals surface area (Å²) in [6.45, 7) is 4.02. The molecule has 6 heteroatoms. The van der Waals surface area contributed by atoms with Crippen molar-refractivity contribution in [2.24, 2.45) is 0 Å². The van der Waals surface area contributed by atoms with Gasteiger partial charge in [-0.25, -0.2) is 0 Å². The molecule has 0 saturated heterocycles. The van der Waals surface area contributed by atoms with Gasteiger partial charge in [0.15, 0.2) is 0 Å². The first-order valence-electron chi connectivity index (χ1n) is 5.10. The Kier molecular flexibility index (Phi) is 4.96. The van der Waals surface area contributed by atoms with E-state index in [1.54, 1.807) is 6.92 Å². The van der Waals surface area contributed by atoms with E-state index in [9.17, 15) is 9.59 Å². The topological polar surface area (TPSA) is 46.6 Å². The SMILES string of the molecule is CCN(CC(=O)OC)C(=O)c1scc(C)c1Cl. The van der Waals surface area contributed by atoms with Crippen LogP contribution in [-0.2, 0) is 9.53 Å². The molecule has 0 fully saturated rings. The van der Waals surface area contributed by atoms with Crippen LogP contribution in [0.25, 0.3) is 0 Å². The van der Waals surface area contributed by atoms with Gasteiger partial charge < -0.3 is 9.64 Å². The fourth-order valence-electron chi connectivity index (χ4n) is 1.27. The second-order valence-corrected chi connectivity index (χ2v) is 4.71. The van der Waals surface area contributed by atoms with Crippen LogP contribution in [0.5, 0.6) is 0 Å². The van der Waals surface area contributed by atoms with Crippen LogP contribution in [0.3, 0.4) is 0 Å². The third-order valence-electron chi connectivity index (χ3n) is 2.31. The quantitative estimate of drug-likeness (QED) is 0.793. The lowest BCUT2D eigenvalue weighted by atomic mass is 10.3. The summed E-state index contributed by atoms with van der Waals surface area (Å²) in [4.78, 5) is 25.1. The molecule has 1 rings (SSSR count). The first-order chi connectivity index (χ1) is 8.01. The predicted molar refractivity (Wildman–Crippen MR) is 67.7 cm³/mol. The first-order valence-corrected chi connectivity index (χ1v) is 6.36. The van der Waals surface area contributed by atoms with Crippen molar-refractivity contribution < 1.29 is 14.3 Å². The van der Waals surface area contributed by atoms with Crippen molar-refractivity contribution in [3.8, 4) is 0 Å². The van der Waals surface area contributed by atoms with Crippen molar-refractivity contribution in [2.75, 3.05) is 20.2 Å². The number of hydrogen-bond donors (Lipinski definition) is 0. The summed E-state index contributed by atoms with van der Waals surface area (Å²) < 4.78 is 4.54. The molecule has 0 N–H and O–H groups in total. The van der Waals surface area contributed by atoms with Crippen LogP contribution in [0, 0.1) is 6.92 Å². The molecule has 94 valence electrons. The highest BCUT2D eigenvalue weighted by molar-refractivity contribution is 7.13. The molecule has 4 nitrogen and oxygen atoms in total. The molecule has 0 saturated carbocycles. The Morgan fingerprint density at radius 3 is 2.59 bits per heavy atom. The maximum absolute atomic E-state index is 12.1. The van der Waals surface area contributed by atoms with Gasteiger partial charge >= 0.3 is 5.97 Å². The van der Waals surface area contributed by atoms with Gasteiger partial charge in [0.25, 0.3) is 5.91 Å². The van der Waals surface area contributed by atoms with Crippen molar-refractivity contribution >= 4 is 34.8 Å². The maximum atomic E-state index is 12.1. The molecule has 0 unspecified atom stereocenters. The van der Waals surface area contributed by atoms with Gasteiger partial charge in [-0.05, 0) is 24.8 Å². The molecule has 0 aliphatic heterocycles. The number of likely N-dealkylation sites (N-methyl/N-ethyl adjacent to an activating group) is 1. The van der Waals surface area contributed by atoms with Gasteiger partial charge in [0.05, 0.1) is 12.1 Å². The minimum absolute atomic E-state index is 0.0564. The number of hydrogen-bond acceptors (Lipinski definition) is 4. The van der Waals surface area contributed by atoms with Gasteiger partial charge in [-0.15, -0.1) is 11.3 Å². The normalized spacial score (nSPS) is 10.1. The number of rotatable bonds is 4. The lowest BCUT2D eigenvalue weighted by molar-refractivity contribution is -0.141. The largest absolute Gasteiger partial charge is 0.468 e. The Bertz CT molecular complexity index is 430. The van der Waals surface area contributed by atoms with Crippen LogP contribution in [-0.4, -0.2) is 37.0 Å². The smallest absolute Gasteiger partial charge is 0.325 e. The molecule has 0 radical (unpaired) electrons. The van der Waals surface area contributed by atoms with E-state index in [1.165, 1.54) is 23.3 Å². The third kappa shape index (κ3) is 3.20. The number of carbonyl (C=O) groups is 2. The molecule has 0 atom stereocenters. The number of methoxy groups -OCH3 is 1. The molecular formula is C11H14ClNO3S. The standard InChI is InChI=1S/C11H14ClNO3S/c1-4-13(5-8(14)16-3)11(15)10-9(12)7(2)6-17-10/h6H,4-5H2,1-3H3. The molecule has 0 spiro atoms. The monoisotopic (exact) mass is 275 g/mol. The average Bonchev–Trinajstić information content (AvgIpc) is 2.66. The van der Waals surface area contributed by atoms with Crippen LogP contribution < -0.4 is 0 Å². The van der Waals surface area contributed by atoms with E-state index in [0.29, 0.717) is 16.4 Å². The zero-order valence-electron chi connectivity index (χ0n) is 9.95. The number of esters is 1. The van der Waals surface area contributed by atoms with Gasteiger partial charge in [-0.2, -0.15) is 0 Å². The fourth-order valence-corrected chi connectivity index (χ4v) is 2.51. The molecule has 1 aromatic heterocycles. The molecule has 0 aliphatic carbocycles. The molecular weight excluding hydrogens is 262 g/mol. The first kappa shape index (κ1) is 14.0. The van der Waals surface area contributed by atoms with Crippen molar-refractivity contribution in [2.45, 2.75) is 13.8 Å².